The highest BCUT2D eigenvalue weighted by Gasteiger charge is 2.28. The van der Waals surface area contributed by atoms with Gasteiger partial charge >= 0.3 is 5.69 Å². The van der Waals surface area contributed by atoms with Crippen LogP contribution in [0.25, 0.3) is 10.9 Å². The van der Waals surface area contributed by atoms with Crippen LogP contribution in [0.4, 0.5) is 0 Å². The van der Waals surface area contributed by atoms with Gasteiger partial charge in [0, 0.05) is 17.3 Å². The number of aromatic amines is 1. The number of hydrogen-bond acceptors (Lipinski definition) is 3. The summed E-state index contributed by atoms with van der Waals surface area (Å²) in [7, 11) is 0. The fraction of sp³-hybridized carbons (Fsp3) is 0.286. The van der Waals surface area contributed by atoms with Gasteiger partial charge in [0.25, 0.3) is 5.91 Å². The number of nitrogens with zero attached hydrogens (tertiary/aromatic N) is 1. The van der Waals surface area contributed by atoms with Crippen molar-refractivity contribution in [1.29, 1.82) is 0 Å². The van der Waals surface area contributed by atoms with Crippen LogP contribution in [0.15, 0.2) is 59.4 Å². The van der Waals surface area contributed by atoms with Crippen LogP contribution in [0.1, 0.15) is 47.7 Å². The van der Waals surface area contributed by atoms with Crippen molar-refractivity contribution in [2.75, 3.05) is 0 Å². The average molecular weight is 347 g/mol. The first-order valence-corrected chi connectivity index (χ1v) is 9.07. The molecular formula is C21H21N3O2. The largest absolute Gasteiger partial charge is 0.347 e. The third kappa shape index (κ3) is 3.25. The summed E-state index contributed by atoms with van der Waals surface area (Å²) in [6.07, 6.45) is 4.25. The zero-order valence-corrected chi connectivity index (χ0v) is 14.4. The molecule has 1 aliphatic carbocycles. The fourth-order valence-electron chi connectivity index (χ4n) is 3.92. The van der Waals surface area contributed by atoms with Crippen molar-refractivity contribution in [2.45, 2.75) is 37.6 Å². The lowest BCUT2D eigenvalue weighted by molar-refractivity contribution is 0.0917. The zero-order valence-electron chi connectivity index (χ0n) is 14.4. The van der Waals surface area contributed by atoms with E-state index in [9.17, 15) is 9.59 Å². The number of nitrogens with one attached hydrogen (secondary N) is 2. The van der Waals surface area contributed by atoms with Crippen LogP contribution in [0.5, 0.6) is 0 Å². The minimum absolute atomic E-state index is 0.0542. The van der Waals surface area contributed by atoms with E-state index in [0.717, 1.165) is 25.7 Å². The van der Waals surface area contributed by atoms with Gasteiger partial charge < -0.3 is 10.3 Å². The van der Waals surface area contributed by atoms with E-state index in [1.807, 2.05) is 36.4 Å². The van der Waals surface area contributed by atoms with Gasteiger partial charge in [0.15, 0.2) is 0 Å². The predicted octanol–water partition coefficient (Wildman–Crippen LogP) is 3.38. The van der Waals surface area contributed by atoms with Crippen molar-refractivity contribution in [3.8, 4) is 0 Å². The molecule has 0 unspecified atom stereocenters. The van der Waals surface area contributed by atoms with E-state index in [4.69, 9.17) is 0 Å². The molecule has 1 fully saturated rings. The van der Waals surface area contributed by atoms with Gasteiger partial charge in [-0.2, -0.15) is 4.98 Å². The molecule has 0 bridgehead atoms. The lowest BCUT2D eigenvalue weighted by Gasteiger charge is -2.32. The first kappa shape index (κ1) is 16.5. The molecule has 4 rings (SSSR count). The summed E-state index contributed by atoms with van der Waals surface area (Å²) >= 11 is 0. The maximum absolute atomic E-state index is 12.9. The molecule has 2 N–H and O–H groups in total. The molecule has 5 heteroatoms. The number of aromatic nitrogens is 2. The Morgan fingerprint density at radius 1 is 1.00 bits per heavy atom. The maximum Gasteiger partial charge on any atom is 0.346 e. The number of carbonyl (C=O) groups excluding carboxylic acids is 1. The minimum atomic E-state index is -0.503. The molecule has 3 aromatic rings. The molecule has 1 aliphatic rings. The molecule has 132 valence electrons. The number of benzene rings is 2. The van der Waals surface area contributed by atoms with Crippen molar-refractivity contribution in [2.24, 2.45) is 0 Å². The van der Waals surface area contributed by atoms with Crippen LogP contribution in [0.2, 0.25) is 0 Å². The summed E-state index contributed by atoms with van der Waals surface area (Å²) in [4.78, 5) is 31.4. The van der Waals surface area contributed by atoms with Crippen molar-refractivity contribution < 1.29 is 4.79 Å². The molecule has 1 amide bonds. The normalized spacial score (nSPS) is 20.0. The van der Waals surface area contributed by atoms with E-state index < -0.39 is 5.69 Å². The maximum atomic E-state index is 12.9. The Balaban J connectivity index is 1.64. The highest BCUT2D eigenvalue weighted by atomic mass is 16.2. The molecule has 0 saturated heterocycles. The van der Waals surface area contributed by atoms with Gasteiger partial charge in [0.2, 0.25) is 0 Å². The number of carbonyl (C=O) groups is 1. The van der Waals surface area contributed by atoms with Gasteiger partial charge in [-0.05, 0) is 24.5 Å². The van der Waals surface area contributed by atoms with Crippen molar-refractivity contribution in [1.82, 2.24) is 15.3 Å². The van der Waals surface area contributed by atoms with Gasteiger partial charge in [-0.1, -0.05) is 61.4 Å². The van der Waals surface area contributed by atoms with E-state index in [1.165, 1.54) is 5.56 Å². The van der Waals surface area contributed by atoms with Crippen LogP contribution in [0.3, 0.4) is 0 Å². The van der Waals surface area contributed by atoms with Gasteiger partial charge in [0.1, 0.15) is 5.69 Å². The van der Waals surface area contributed by atoms with Crippen molar-refractivity contribution >= 4 is 16.8 Å². The summed E-state index contributed by atoms with van der Waals surface area (Å²) in [6, 6.07) is 17.6. The number of fused-ring (bicyclic) bond motifs is 1. The van der Waals surface area contributed by atoms with Crippen molar-refractivity contribution in [3.05, 3.63) is 76.3 Å². The average Bonchev–Trinajstić information content (AvgIpc) is 2.68. The third-order valence-electron chi connectivity index (χ3n) is 5.16. The predicted molar refractivity (Wildman–Crippen MR) is 101 cm³/mol. The standard InChI is InChI=1S/C21H21N3O2/c25-20(19-16-11-5-7-13-18(16)23-21(26)24-19)22-17-12-6-4-10-15(17)14-8-2-1-3-9-14/h1-3,5,7-9,11,13,15,17H,4,6,10,12H2,(H,22,25)(H,23,24,26)/t15-,17+/m0/s1. The minimum Gasteiger partial charge on any atom is -0.347 e. The smallest absolute Gasteiger partial charge is 0.346 e. The Hall–Kier alpha value is -2.95. The van der Waals surface area contributed by atoms with E-state index in [0.29, 0.717) is 16.8 Å². The number of H-pyrrole nitrogens is 1. The number of para-hydroxylation sites is 1. The van der Waals surface area contributed by atoms with Gasteiger partial charge in [-0.3, -0.25) is 4.79 Å². The summed E-state index contributed by atoms with van der Waals surface area (Å²) in [5.41, 5.74) is 1.57. The second kappa shape index (κ2) is 7.12. The molecule has 1 aromatic heterocycles. The Morgan fingerprint density at radius 3 is 2.58 bits per heavy atom. The van der Waals surface area contributed by atoms with Crippen LogP contribution >= 0.6 is 0 Å². The first-order chi connectivity index (χ1) is 12.7. The summed E-state index contributed by atoms with van der Waals surface area (Å²) in [6.45, 7) is 0. The molecular weight excluding hydrogens is 326 g/mol. The molecule has 0 radical (unpaired) electrons. The highest BCUT2D eigenvalue weighted by Crippen LogP contribution is 2.33. The van der Waals surface area contributed by atoms with Gasteiger partial charge in [-0.15, -0.1) is 0 Å². The second-order valence-corrected chi connectivity index (χ2v) is 6.82. The second-order valence-electron chi connectivity index (χ2n) is 6.82. The quantitative estimate of drug-likeness (QED) is 0.763. The molecule has 26 heavy (non-hydrogen) atoms. The highest BCUT2D eigenvalue weighted by molar-refractivity contribution is 6.04. The fourth-order valence-corrected chi connectivity index (χ4v) is 3.92. The number of rotatable bonds is 3. The summed E-state index contributed by atoms with van der Waals surface area (Å²) in [5.74, 6) is 0.0160. The van der Waals surface area contributed by atoms with E-state index in [1.54, 1.807) is 6.07 Å². The molecule has 0 spiro atoms. The summed E-state index contributed by atoms with van der Waals surface area (Å²) in [5, 5.41) is 3.81. The summed E-state index contributed by atoms with van der Waals surface area (Å²) < 4.78 is 0. The van der Waals surface area contributed by atoms with E-state index in [-0.39, 0.29) is 17.6 Å². The molecule has 0 aliphatic heterocycles. The van der Waals surface area contributed by atoms with Crippen LogP contribution in [-0.2, 0) is 0 Å². The SMILES string of the molecule is O=C(N[C@@H]1CCCC[C@H]1c1ccccc1)c1nc(=O)[nH]c2ccccc12. The molecule has 1 heterocycles. The van der Waals surface area contributed by atoms with E-state index in [2.05, 4.69) is 27.4 Å². The van der Waals surface area contributed by atoms with Crippen LogP contribution < -0.4 is 11.0 Å². The topological polar surface area (TPSA) is 74.8 Å². The Kier molecular flexibility index (Phi) is 4.52. The van der Waals surface area contributed by atoms with Crippen molar-refractivity contribution in [3.63, 3.8) is 0 Å². The Labute approximate surface area is 151 Å². The monoisotopic (exact) mass is 347 g/mol. The van der Waals surface area contributed by atoms with Gasteiger partial charge in [-0.25, -0.2) is 4.79 Å². The van der Waals surface area contributed by atoms with Crippen LogP contribution in [-0.4, -0.2) is 21.9 Å². The molecule has 2 atom stereocenters. The Morgan fingerprint density at radius 2 is 1.73 bits per heavy atom. The van der Waals surface area contributed by atoms with Crippen LogP contribution in [0, 0.1) is 0 Å². The number of amides is 1. The lowest BCUT2D eigenvalue weighted by Crippen LogP contribution is -2.41. The van der Waals surface area contributed by atoms with Gasteiger partial charge in [0.05, 0.1) is 5.52 Å². The third-order valence-corrected chi connectivity index (χ3v) is 5.16. The first-order valence-electron chi connectivity index (χ1n) is 9.07. The lowest BCUT2D eigenvalue weighted by atomic mass is 9.80. The molecule has 5 nitrogen and oxygen atoms in total. The Bertz CT molecular complexity index is 981. The molecule has 1 saturated carbocycles. The van der Waals surface area contributed by atoms with E-state index >= 15 is 0 Å². The molecule has 2 aromatic carbocycles. The number of hydrogen-bond donors (Lipinski definition) is 2. The zero-order chi connectivity index (χ0) is 17.9.